The summed E-state index contributed by atoms with van der Waals surface area (Å²) in [5, 5.41) is 0. The topological polar surface area (TPSA) is 29.3 Å². The van der Waals surface area contributed by atoms with Crippen LogP contribution in [-0.4, -0.2) is 24.0 Å². The summed E-state index contributed by atoms with van der Waals surface area (Å²) in [5.41, 5.74) is 5.84. The molecule has 0 bridgehead atoms. The Balaban J connectivity index is 0.00000180. The van der Waals surface area contributed by atoms with Crippen molar-refractivity contribution in [1.29, 1.82) is 0 Å². The van der Waals surface area contributed by atoms with E-state index in [9.17, 15) is 13.2 Å². The molecule has 0 radical (unpaired) electrons. The van der Waals surface area contributed by atoms with Crippen molar-refractivity contribution in [1.82, 2.24) is 4.90 Å². The van der Waals surface area contributed by atoms with E-state index in [4.69, 9.17) is 5.73 Å². The fourth-order valence-electron chi connectivity index (χ4n) is 2.27. The van der Waals surface area contributed by atoms with Gasteiger partial charge in [-0.3, -0.25) is 4.90 Å². The highest BCUT2D eigenvalue weighted by Crippen LogP contribution is 2.35. The van der Waals surface area contributed by atoms with Crippen LogP contribution in [0.1, 0.15) is 23.1 Å². The molecule has 1 aliphatic heterocycles. The molecule has 1 fully saturated rings. The van der Waals surface area contributed by atoms with Crippen LogP contribution in [0, 0.1) is 5.92 Å². The number of alkyl halides is 3. The number of hydrogen-bond donors (Lipinski definition) is 1. The smallest absolute Gasteiger partial charge is 0.328 e. The molecule has 2 N–H and O–H groups in total. The van der Waals surface area contributed by atoms with Crippen LogP contribution in [-0.2, 0) is 12.7 Å². The monoisotopic (exact) mass is 314 g/mol. The van der Waals surface area contributed by atoms with Gasteiger partial charge in [-0.05, 0) is 37.9 Å². The molecule has 7 heteroatoms. The van der Waals surface area contributed by atoms with Gasteiger partial charge in [0.2, 0.25) is 0 Å². The summed E-state index contributed by atoms with van der Waals surface area (Å²) >= 11 is 0.838. The maximum atomic E-state index is 12.5. The molecule has 1 aromatic rings. The molecule has 110 valence electrons. The first-order chi connectivity index (χ1) is 8.36. The highest BCUT2D eigenvalue weighted by atomic mass is 35.5. The van der Waals surface area contributed by atoms with Crippen LogP contribution < -0.4 is 5.73 Å². The van der Waals surface area contributed by atoms with Gasteiger partial charge in [-0.25, -0.2) is 0 Å². The zero-order valence-electron chi connectivity index (χ0n) is 10.6. The van der Waals surface area contributed by atoms with E-state index >= 15 is 0 Å². The molecule has 1 aromatic heterocycles. The molecule has 0 aliphatic carbocycles. The zero-order chi connectivity index (χ0) is 13.3. The maximum absolute atomic E-state index is 12.5. The van der Waals surface area contributed by atoms with Crippen molar-refractivity contribution in [3.05, 3.63) is 21.9 Å². The molecule has 0 amide bonds. The summed E-state index contributed by atoms with van der Waals surface area (Å²) < 4.78 is 37.4. The first-order valence-corrected chi connectivity index (χ1v) is 6.82. The Hall–Kier alpha value is -0.300. The van der Waals surface area contributed by atoms with E-state index in [-0.39, 0.29) is 18.4 Å². The molecule has 2 heterocycles. The number of halogens is 4. The van der Waals surface area contributed by atoms with Crippen molar-refractivity contribution < 1.29 is 13.2 Å². The Morgan fingerprint density at radius 1 is 1.47 bits per heavy atom. The van der Waals surface area contributed by atoms with E-state index in [0.29, 0.717) is 12.5 Å². The average molecular weight is 315 g/mol. The Labute approximate surface area is 121 Å². The molecule has 0 saturated carbocycles. The number of hydrogen-bond acceptors (Lipinski definition) is 3. The molecular weight excluding hydrogens is 297 g/mol. The number of nitrogens with zero attached hydrogens (tertiary/aromatic N) is 1. The van der Waals surface area contributed by atoms with Gasteiger partial charge >= 0.3 is 6.18 Å². The van der Waals surface area contributed by atoms with Gasteiger partial charge in [-0.15, -0.1) is 23.7 Å². The van der Waals surface area contributed by atoms with Crippen molar-refractivity contribution in [3.8, 4) is 0 Å². The van der Waals surface area contributed by atoms with Crippen LogP contribution in [0.5, 0.6) is 0 Å². The minimum atomic E-state index is -4.22. The second kappa shape index (κ2) is 6.43. The predicted octanol–water partition coefficient (Wildman–Crippen LogP) is 3.36. The Morgan fingerprint density at radius 3 is 2.63 bits per heavy atom. The first-order valence-electron chi connectivity index (χ1n) is 6.00. The van der Waals surface area contributed by atoms with Gasteiger partial charge in [0.15, 0.2) is 0 Å². The predicted molar refractivity (Wildman–Crippen MR) is 73.6 cm³/mol. The lowest BCUT2D eigenvalue weighted by Gasteiger charge is -2.16. The summed E-state index contributed by atoms with van der Waals surface area (Å²) in [7, 11) is 0. The third-order valence-corrected chi connectivity index (χ3v) is 4.49. The molecule has 0 spiro atoms. The first kappa shape index (κ1) is 16.8. The van der Waals surface area contributed by atoms with Crippen molar-refractivity contribution in [3.63, 3.8) is 0 Å². The third-order valence-electron chi connectivity index (χ3n) is 3.37. The fourth-order valence-corrected chi connectivity index (χ4v) is 3.19. The van der Waals surface area contributed by atoms with Gasteiger partial charge in [0.05, 0.1) is 0 Å². The summed E-state index contributed by atoms with van der Waals surface area (Å²) in [6, 6.07) is 2.90. The third kappa shape index (κ3) is 4.34. The summed E-state index contributed by atoms with van der Waals surface area (Å²) in [4.78, 5) is 2.44. The molecule has 1 saturated heterocycles. The van der Waals surface area contributed by atoms with Crippen LogP contribution in [0.4, 0.5) is 13.2 Å². The van der Waals surface area contributed by atoms with Gasteiger partial charge in [0.25, 0.3) is 0 Å². The van der Waals surface area contributed by atoms with Crippen molar-refractivity contribution in [2.45, 2.75) is 32.1 Å². The van der Waals surface area contributed by atoms with Crippen LogP contribution in [0.25, 0.3) is 0 Å². The molecule has 2 nitrogen and oxygen atoms in total. The molecule has 1 aliphatic rings. The molecule has 2 unspecified atom stereocenters. The molecule has 0 aromatic carbocycles. The van der Waals surface area contributed by atoms with Crippen LogP contribution >= 0.6 is 23.7 Å². The van der Waals surface area contributed by atoms with Crippen LogP contribution in [0.2, 0.25) is 0 Å². The molecule has 2 atom stereocenters. The highest BCUT2D eigenvalue weighted by molar-refractivity contribution is 7.12. The zero-order valence-corrected chi connectivity index (χ0v) is 12.2. The minimum Gasteiger partial charge on any atom is -0.328 e. The lowest BCUT2D eigenvalue weighted by Crippen LogP contribution is -2.29. The number of nitrogens with two attached hydrogens (primary N) is 1. The molecule has 19 heavy (non-hydrogen) atoms. The van der Waals surface area contributed by atoms with Gasteiger partial charge in [-0.2, -0.15) is 13.2 Å². The van der Waals surface area contributed by atoms with Gasteiger partial charge in [0.1, 0.15) is 4.88 Å². The van der Waals surface area contributed by atoms with Crippen molar-refractivity contribution in [2.75, 3.05) is 13.1 Å². The van der Waals surface area contributed by atoms with Crippen molar-refractivity contribution in [2.24, 2.45) is 11.7 Å². The number of rotatable bonds is 3. The maximum Gasteiger partial charge on any atom is 0.425 e. The Morgan fingerprint density at radius 2 is 2.16 bits per heavy atom. The van der Waals surface area contributed by atoms with E-state index in [0.717, 1.165) is 35.7 Å². The number of likely N-dealkylation sites (tertiary alicyclic amines) is 1. The summed E-state index contributed by atoms with van der Waals surface area (Å²) in [6.07, 6.45) is -3.18. The van der Waals surface area contributed by atoms with E-state index in [1.807, 2.05) is 6.92 Å². The SMILES string of the molecule is CC(N)C1CCN(Cc2ccc(C(F)(F)F)s2)C1.Cl. The van der Waals surface area contributed by atoms with Crippen LogP contribution in [0.15, 0.2) is 12.1 Å². The Kier molecular flexibility index (Phi) is 5.67. The molecule has 2 rings (SSSR count). The Bertz CT molecular complexity index is 406. The summed E-state index contributed by atoms with van der Waals surface area (Å²) in [6.45, 7) is 4.40. The number of thiophene rings is 1. The van der Waals surface area contributed by atoms with Crippen LogP contribution in [0.3, 0.4) is 0 Å². The standard InChI is InChI=1S/C12H17F3N2S.ClH/c1-8(16)9-4-5-17(6-9)7-10-2-3-11(18-10)12(13,14)15;/h2-3,8-9H,4-7,16H2,1H3;1H. The highest BCUT2D eigenvalue weighted by Gasteiger charge is 2.33. The van der Waals surface area contributed by atoms with E-state index in [2.05, 4.69) is 4.90 Å². The van der Waals surface area contributed by atoms with E-state index < -0.39 is 11.1 Å². The van der Waals surface area contributed by atoms with E-state index in [1.165, 1.54) is 6.07 Å². The lowest BCUT2D eigenvalue weighted by atomic mass is 10.0. The van der Waals surface area contributed by atoms with Gasteiger partial charge < -0.3 is 5.73 Å². The largest absolute Gasteiger partial charge is 0.425 e. The quantitative estimate of drug-likeness (QED) is 0.927. The fraction of sp³-hybridized carbons (Fsp3) is 0.667. The minimum absolute atomic E-state index is 0. The van der Waals surface area contributed by atoms with Gasteiger partial charge in [0, 0.05) is 24.0 Å². The average Bonchev–Trinajstić information content (AvgIpc) is 2.85. The summed E-state index contributed by atoms with van der Waals surface area (Å²) in [5.74, 6) is 0.465. The lowest BCUT2D eigenvalue weighted by molar-refractivity contribution is -0.134. The van der Waals surface area contributed by atoms with E-state index in [1.54, 1.807) is 6.07 Å². The normalized spacial score (nSPS) is 22.3. The van der Waals surface area contributed by atoms with Crippen molar-refractivity contribution >= 4 is 23.7 Å². The van der Waals surface area contributed by atoms with Gasteiger partial charge in [-0.1, -0.05) is 0 Å². The molecular formula is C12H18ClF3N2S. The second-order valence-electron chi connectivity index (χ2n) is 4.91. The second-order valence-corrected chi connectivity index (χ2v) is 6.08.